The molecule has 580 valence electrons. The Morgan fingerprint density at radius 1 is 0.284 bits per heavy atom. The van der Waals surface area contributed by atoms with Crippen LogP contribution in [-0.4, -0.2) is 96.7 Å². The van der Waals surface area contributed by atoms with Crippen molar-refractivity contribution < 1.29 is 80.2 Å². The molecular formula is C83H136O17P2. The molecule has 0 heterocycles. The number of ether oxygens (including phenoxy) is 4. The van der Waals surface area contributed by atoms with Crippen molar-refractivity contribution in [2.45, 2.75) is 303 Å². The number of allylic oxidation sites excluding steroid dienone is 26. The molecule has 3 N–H and O–H groups in total. The Morgan fingerprint density at radius 3 is 0.912 bits per heavy atom. The third kappa shape index (κ3) is 73.0. The molecule has 19 heteroatoms. The monoisotopic (exact) mass is 1470 g/mol. The molecule has 0 saturated heterocycles. The molecule has 0 aliphatic carbocycles. The van der Waals surface area contributed by atoms with Crippen molar-refractivity contribution in [3.63, 3.8) is 0 Å². The van der Waals surface area contributed by atoms with E-state index < -0.39 is 97.5 Å². The summed E-state index contributed by atoms with van der Waals surface area (Å²) in [6.07, 6.45) is 85.4. The SMILES string of the molecule is CC/C=C\C/C=C\C/C=C\C/C=C\C/C=C\C/C=C\CCC(=O)OCC(COP(=O)(O)OCC(O)COP(=O)(O)OCC(COC(=O)CCCCCCC/C=C\CCCCCCCC)OC(=O)CCCCCCC/C=C\C/C=C\CCC)OC(=O)CCCC/C=C\C/C=C\C/C=C\C/C=C\CC. The van der Waals surface area contributed by atoms with Crippen molar-refractivity contribution in [2.24, 2.45) is 0 Å². The average Bonchev–Trinajstić information content (AvgIpc) is 0.924. The van der Waals surface area contributed by atoms with E-state index in [0.717, 1.165) is 154 Å². The maximum absolute atomic E-state index is 13.1. The lowest BCUT2D eigenvalue weighted by Gasteiger charge is -2.21. The van der Waals surface area contributed by atoms with Crippen molar-refractivity contribution in [1.29, 1.82) is 0 Å². The molecule has 5 atom stereocenters. The van der Waals surface area contributed by atoms with Gasteiger partial charge in [0.15, 0.2) is 12.2 Å². The Morgan fingerprint density at radius 2 is 0.549 bits per heavy atom. The van der Waals surface area contributed by atoms with Gasteiger partial charge < -0.3 is 33.8 Å². The Kier molecular flexibility index (Phi) is 70.1. The molecule has 5 unspecified atom stereocenters. The summed E-state index contributed by atoms with van der Waals surface area (Å²) in [5.74, 6) is -2.36. The Bertz CT molecular complexity index is 2550. The molecule has 0 saturated carbocycles. The van der Waals surface area contributed by atoms with E-state index in [-0.39, 0.29) is 25.7 Å². The summed E-state index contributed by atoms with van der Waals surface area (Å²) in [5.41, 5.74) is 0. The van der Waals surface area contributed by atoms with E-state index in [2.05, 4.69) is 161 Å². The standard InChI is InChI=1S/C83H136O17P2/c1-5-9-13-17-21-25-29-33-36-37-38-39-42-45-48-52-56-60-64-68-81(86)94-74-79(100-83(88)70-66-62-58-54-50-46-41-35-31-27-23-19-15-11-7-3)76-98-102(91,92)96-72-77(84)71-95-101(89,90)97-75-78(99-82(87)69-65-61-57-53-49-43-32-28-24-20-16-12-8-4)73-93-80(85)67-63-59-55-51-47-44-40-34-30-26-22-18-14-10-6-2/h9,11,13,15-16,20-21,23,25,27-28,32-36,38-41,45,48,50,54,56,60,77-79,84H,5-8,10,12,14,17-19,22,24,26,29-31,37,42-44,46-47,49,51-53,55,57-59,61-76H2,1-4H3,(H,89,90)(H,91,92)/b13-9-,15-11-,20-16-,25-21-,27-23-,32-28-,36-33-,39-38-,40-34-,41-35-,48-45-,54-50-,60-56-. The predicted molar refractivity (Wildman–Crippen MR) is 417 cm³/mol. The summed E-state index contributed by atoms with van der Waals surface area (Å²) >= 11 is 0. The summed E-state index contributed by atoms with van der Waals surface area (Å²) in [6, 6.07) is 0. The van der Waals surface area contributed by atoms with Crippen molar-refractivity contribution in [3.05, 3.63) is 158 Å². The molecule has 0 aromatic rings. The fourth-order valence-corrected chi connectivity index (χ4v) is 11.2. The van der Waals surface area contributed by atoms with Crippen LogP contribution >= 0.6 is 15.6 Å². The second-order valence-electron chi connectivity index (χ2n) is 25.2. The Balaban J connectivity index is 5.47. The average molecular weight is 1470 g/mol. The largest absolute Gasteiger partial charge is 0.472 e. The van der Waals surface area contributed by atoms with Gasteiger partial charge >= 0.3 is 39.5 Å². The Labute approximate surface area is 617 Å². The number of unbranched alkanes of at least 4 members (excludes halogenated alkanes) is 19. The molecule has 0 amide bonds. The third-order valence-electron chi connectivity index (χ3n) is 15.5. The zero-order valence-electron chi connectivity index (χ0n) is 63.2. The fourth-order valence-electron chi connectivity index (χ4n) is 9.62. The number of aliphatic hydroxyl groups is 1. The van der Waals surface area contributed by atoms with E-state index in [1.807, 2.05) is 24.3 Å². The van der Waals surface area contributed by atoms with Crippen molar-refractivity contribution in [1.82, 2.24) is 0 Å². The van der Waals surface area contributed by atoms with Gasteiger partial charge in [0.2, 0.25) is 0 Å². The summed E-state index contributed by atoms with van der Waals surface area (Å²) in [5, 5.41) is 10.6. The summed E-state index contributed by atoms with van der Waals surface area (Å²) < 4.78 is 68.4. The summed E-state index contributed by atoms with van der Waals surface area (Å²) in [4.78, 5) is 72.9. The topological polar surface area (TPSA) is 237 Å². The van der Waals surface area contributed by atoms with Crippen LogP contribution in [0.15, 0.2) is 158 Å². The minimum absolute atomic E-state index is 0.0209. The van der Waals surface area contributed by atoms with Crippen LogP contribution < -0.4 is 0 Å². The van der Waals surface area contributed by atoms with Gasteiger partial charge in [0.05, 0.1) is 26.4 Å². The van der Waals surface area contributed by atoms with E-state index in [0.29, 0.717) is 38.5 Å². The van der Waals surface area contributed by atoms with Crippen molar-refractivity contribution in [2.75, 3.05) is 39.6 Å². The van der Waals surface area contributed by atoms with Crippen molar-refractivity contribution in [3.8, 4) is 0 Å². The number of rotatable bonds is 71. The van der Waals surface area contributed by atoms with Crippen LogP contribution in [0.25, 0.3) is 0 Å². The van der Waals surface area contributed by atoms with Crippen LogP contribution in [0.1, 0.15) is 285 Å². The highest BCUT2D eigenvalue weighted by molar-refractivity contribution is 7.47. The van der Waals surface area contributed by atoms with E-state index in [1.54, 1.807) is 0 Å². The number of phosphoric ester groups is 2. The number of carbonyl (C=O) groups excluding carboxylic acids is 4. The lowest BCUT2D eigenvalue weighted by Crippen LogP contribution is -2.30. The smallest absolute Gasteiger partial charge is 0.462 e. The number of hydrogen-bond acceptors (Lipinski definition) is 15. The van der Waals surface area contributed by atoms with Crippen LogP contribution in [0.4, 0.5) is 0 Å². The first-order chi connectivity index (χ1) is 49.7. The first kappa shape index (κ1) is 96.7. The van der Waals surface area contributed by atoms with Crippen molar-refractivity contribution >= 4 is 39.5 Å². The zero-order chi connectivity index (χ0) is 74.6. The first-order valence-corrected chi connectivity index (χ1v) is 41.7. The lowest BCUT2D eigenvalue weighted by atomic mass is 10.1. The zero-order valence-corrected chi connectivity index (χ0v) is 65.0. The molecule has 0 rings (SSSR count). The molecule has 17 nitrogen and oxygen atoms in total. The molecule has 0 aliphatic heterocycles. The molecule has 0 radical (unpaired) electrons. The summed E-state index contributed by atoms with van der Waals surface area (Å²) in [7, 11) is -10.0. The van der Waals surface area contributed by atoms with Gasteiger partial charge in [0.25, 0.3) is 0 Å². The van der Waals surface area contributed by atoms with E-state index >= 15 is 0 Å². The highest BCUT2D eigenvalue weighted by atomic mass is 31.2. The summed E-state index contributed by atoms with van der Waals surface area (Å²) in [6.45, 7) is 4.40. The van der Waals surface area contributed by atoms with E-state index in [9.17, 15) is 43.2 Å². The highest BCUT2D eigenvalue weighted by Gasteiger charge is 2.30. The highest BCUT2D eigenvalue weighted by Crippen LogP contribution is 2.45. The van der Waals surface area contributed by atoms with Crippen LogP contribution in [0.3, 0.4) is 0 Å². The molecule has 0 aromatic carbocycles. The number of hydrogen-bond donors (Lipinski definition) is 3. The second kappa shape index (κ2) is 74.0. The third-order valence-corrected chi connectivity index (χ3v) is 17.4. The molecule has 0 aliphatic rings. The van der Waals surface area contributed by atoms with Gasteiger partial charge in [-0.05, 0) is 154 Å². The van der Waals surface area contributed by atoms with Crippen LogP contribution in [-0.2, 0) is 65.4 Å². The number of carbonyl (C=O) groups is 4. The van der Waals surface area contributed by atoms with E-state index in [1.165, 1.54) is 38.5 Å². The second-order valence-corrected chi connectivity index (χ2v) is 28.1. The minimum atomic E-state index is -5.01. The number of phosphoric acid groups is 2. The maximum atomic E-state index is 13.1. The first-order valence-electron chi connectivity index (χ1n) is 38.7. The molecule has 0 bridgehead atoms. The normalized spacial score (nSPS) is 14.8. The molecular weight excluding hydrogens is 1330 g/mol. The van der Waals surface area contributed by atoms with Gasteiger partial charge in [0, 0.05) is 25.7 Å². The lowest BCUT2D eigenvalue weighted by molar-refractivity contribution is -0.161. The molecule has 102 heavy (non-hydrogen) atoms. The molecule has 0 fully saturated rings. The van der Waals surface area contributed by atoms with Crippen LogP contribution in [0.5, 0.6) is 0 Å². The minimum Gasteiger partial charge on any atom is -0.462 e. The fraction of sp³-hybridized carbons (Fsp3) is 0.639. The van der Waals surface area contributed by atoms with Gasteiger partial charge in [-0.2, -0.15) is 0 Å². The molecule has 0 spiro atoms. The number of esters is 4. The quantitative estimate of drug-likeness (QED) is 0.0169. The van der Waals surface area contributed by atoms with Crippen LogP contribution in [0.2, 0.25) is 0 Å². The Hall–Kier alpha value is -5.32. The van der Waals surface area contributed by atoms with Gasteiger partial charge in [-0.1, -0.05) is 263 Å². The van der Waals surface area contributed by atoms with Gasteiger partial charge in [0.1, 0.15) is 19.3 Å². The van der Waals surface area contributed by atoms with Crippen LogP contribution in [0, 0.1) is 0 Å². The van der Waals surface area contributed by atoms with Gasteiger partial charge in [-0.3, -0.25) is 37.3 Å². The van der Waals surface area contributed by atoms with Gasteiger partial charge in [-0.15, -0.1) is 0 Å². The van der Waals surface area contributed by atoms with Gasteiger partial charge in [-0.25, -0.2) is 9.13 Å². The molecule has 0 aromatic heterocycles. The number of aliphatic hydroxyl groups excluding tert-OH is 1. The maximum Gasteiger partial charge on any atom is 0.472 e. The van der Waals surface area contributed by atoms with E-state index in [4.69, 9.17) is 37.0 Å². The predicted octanol–water partition coefficient (Wildman–Crippen LogP) is 22.4.